The second kappa shape index (κ2) is 26.7. The zero-order valence-corrected chi connectivity index (χ0v) is 52.5. The largest absolute Gasteiger partial charge is 0.457 e. The molecular formula is C76H86N4O8+2. The maximum Gasteiger partial charge on any atom is 0.230 e. The van der Waals surface area contributed by atoms with Crippen molar-refractivity contribution in [2.75, 3.05) is 27.2 Å². The number of hydrogen-bond acceptors (Lipinski definition) is 10. The number of unbranched alkanes of at least 4 members (excludes halogenated alkanes) is 8. The average Bonchev–Trinajstić information content (AvgIpc) is 0.760. The Hall–Kier alpha value is -8.12. The fourth-order valence-corrected chi connectivity index (χ4v) is 14.8. The lowest BCUT2D eigenvalue weighted by atomic mass is 9.74. The average molecular weight is 1180 g/mol. The molecule has 0 spiro atoms. The molecule has 2 unspecified atom stereocenters. The lowest BCUT2D eigenvalue weighted by molar-refractivity contribution is -0.688. The van der Waals surface area contributed by atoms with Gasteiger partial charge in [-0.3, -0.25) is 9.97 Å². The molecule has 0 saturated carbocycles. The molecule has 1 aliphatic carbocycles. The van der Waals surface area contributed by atoms with Crippen LogP contribution in [0.1, 0.15) is 221 Å². The Bertz CT molecular complexity index is 3530. The maximum atomic E-state index is 7.35. The summed E-state index contributed by atoms with van der Waals surface area (Å²) in [6.45, 7) is 14.5. The molecule has 88 heavy (non-hydrogen) atoms. The molecule has 0 radical (unpaired) electrons. The molecular weight excluding hydrogens is 1100 g/mol. The van der Waals surface area contributed by atoms with E-state index in [1.807, 2.05) is 24.8 Å². The van der Waals surface area contributed by atoms with Gasteiger partial charge in [-0.2, -0.15) is 0 Å². The first-order valence-corrected chi connectivity index (χ1v) is 32.9. The van der Waals surface area contributed by atoms with Gasteiger partial charge in [-0.15, -0.1) is 0 Å². The van der Waals surface area contributed by atoms with Crippen molar-refractivity contribution < 1.29 is 47.0 Å². The van der Waals surface area contributed by atoms with Gasteiger partial charge in [0.25, 0.3) is 0 Å². The zero-order valence-electron chi connectivity index (χ0n) is 52.5. The first-order valence-electron chi connectivity index (χ1n) is 32.9. The van der Waals surface area contributed by atoms with Gasteiger partial charge in [0.05, 0.1) is 0 Å². The van der Waals surface area contributed by atoms with Gasteiger partial charge in [0.15, 0.2) is 37.9 Å². The number of nitrogens with zero attached hydrogens (tertiary/aromatic N) is 4. The predicted molar refractivity (Wildman–Crippen MR) is 342 cm³/mol. The lowest BCUT2D eigenvalue weighted by Crippen LogP contribution is -2.35. The molecule has 2 atom stereocenters. The van der Waals surface area contributed by atoms with E-state index in [9.17, 15) is 0 Å². The summed E-state index contributed by atoms with van der Waals surface area (Å²) >= 11 is 0. The fourth-order valence-electron chi connectivity index (χ4n) is 14.8. The van der Waals surface area contributed by atoms with Crippen LogP contribution in [0.5, 0.6) is 46.0 Å². The van der Waals surface area contributed by atoms with Crippen LogP contribution in [0.4, 0.5) is 0 Å². The number of benzene rings is 4. The number of ether oxygens (including phenoxy) is 8. The lowest BCUT2D eigenvalue weighted by Gasteiger charge is -2.37. The Kier molecular flexibility index (Phi) is 17.9. The molecule has 4 aromatic carbocycles. The molecule has 5 aliphatic rings. The van der Waals surface area contributed by atoms with Crippen molar-refractivity contribution in [3.63, 3.8) is 0 Å². The summed E-state index contributed by atoms with van der Waals surface area (Å²) in [5.74, 6) is 6.13. The van der Waals surface area contributed by atoms with Crippen LogP contribution in [0.15, 0.2) is 122 Å². The van der Waals surface area contributed by atoms with E-state index in [4.69, 9.17) is 37.9 Å². The SMILES string of the molecule is CCCCCC1c2cc3c4c(C)c2OCOc2c1cc1c(c2C)OCOc2c(cc5c(c2C[n+]2ccc(-c6ccncc6)cc2)OCOc2c(cc(c(c2C[n+]2ccc(-c6ccncc6)cc2)OCO4)C3CCCCC)C5CCCCC)C1CCCCC. The number of aromatic nitrogens is 4. The van der Waals surface area contributed by atoms with Gasteiger partial charge >= 0.3 is 0 Å². The van der Waals surface area contributed by atoms with Gasteiger partial charge in [0.2, 0.25) is 27.2 Å². The van der Waals surface area contributed by atoms with Gasteiger partial charge in [0, 0.05) is 128 Å². The third kappa shape index (κ3) is 11.5. The Morgan fingerprint density at radius 1 is 0.330 bits per heavy atom. The van der Waals surface area contributed by atoms with Gasteiger partial charge < -0.3 is 37.9 Å². The van der Waals surface area contributed by atoms with Gasteiger partial charge in [-0.25, -0.2) is 9.13 Å². The second-order valence-electron chi connectivity index (χ2n) is 24.9. The molecule has 8 aromatic rings. The van der Waals surface area contributed by atoms with Gasteiger partial charge in [-0.05, 0) is 110 Å². The molecule has 0 amide bonds. The third-order valence-corrected chi connectivity index (χ3v) is 19.3. The van der Waals surface area contributed by atoms with E-state index in [2.05, 4.69) is 158 Å². The van der Waals surface area contributed by atoms with Crippen molar-refractivity contribution in [1.29, 1.82) is 0 Å². The Balaban J connectivity index is 1.14. The molecule has 12 heteroatoms. The van der Waals surface area contributed by atoms with Crippen molar-refractivity contribution >= 4 is 0 Å². The molecule has 8 heterocycles. The third-order valence-electron chi connectivity index (χ3n) is 19.3. The van der Waals surface area contributed by atoms with E-state index in [1.54, 1.807) is 0 Å². The zero-order chi connectivity index (χ0) is 60.1. The summed E-state index contributed by atoms with van der Waals surface area (Å²) in [4.78, 5) is 8.61. The Morgan fingerprint density at radius 2 is 0.568 bits per heavy atom. The maximum absolute atomic E-state index is 7.35. The van der Waals surface area contributed by atoms with Crippen LogP contribution in [-0.4, -0.2) is 37.1 Å². The summed E-state index contributed by atoms with van der Waals surface area (Å²) in [6, 6.07) is 27.0. The van der Waals surface area contributed by atoms with E-state index in [1.165, 1.54) is 22.3 Å². The minimum atomic E-state index is -0.152. The molecule has 4 aliphatic heterocycles. The highest BCUT2D eigenvalue weighted by Gasteiger charge is 2.42. The van der Waals surface area contributed by atoms with Crippen LogP contribution in [0.2, 0.25) is 0 Å². The molecule has 456 valence electrons. The van der Waals surface area contributed by atoms with Crippen LogP contribution in [0.3, 0.4) is 0 Å². The molecule has 12 nitrogen and oxygen atoms in total. The summed E-state index contributed by atoms with van der Waals surface area (Å²) in [5.41, 5.74) is 17.7. The first-order chi connectivity index (χ1) is 43.3. The van der Waals surface area contributed by atoms with E-state index < -0.39 is 0 Å². The van der Waals surface area contributed by atoms with Crippen molar-refractivity contribution in [1.82, 2.24) is 9.97 Å². The summed E-state index contributed by atoms with van der Waals surface area (Å²) in [5, 5.41) is 0. The summed E-state index contributed by atoms with van der Waals surface area (Å²) in [7, 11) is 0. The fraction of sp³-hybridized carbons (Fsp3) is 0.421. The van der Waals surface area contributed by atoms with Crippen molar-refractivity contribution in [3.8, 4) is 68.2 Å². The molecule has 13 rings (SSSR count). The number of pyridine rings is 4. The minimum absolute atomic E-state index is 0.00127. The van der Waals surface area contributed by atoms with Gasteiger partial charge in [-0.1, -0.05) is 105 Å². The molecule has 0 N–H and O–H groups in total. The predicted octanol–water partition coefficient (Wildman–Crippen LogP) is 17.2. The summed E-state index contributed by atoms with van der Waals surface area (Å²) < 4.78 is 61.8. The van der Waals surface area contributed by atoms with Crippen molar-refractivity contribution in [3.05, 3.63) is 189 Å². The normalized spacial score (nSPS) is 17.4. The molecule has 0 fully saturated rings. The van der Waals surface area contributed by atoms with Gasteiger partial charge in [0.1, 0.15) is 57.1 Å². The van der Waals surface area contributed by atoms with Crippen LogP contribution >= 0.6 is 0 Å². The van der Waals surface area contributed by atoms with Crippen LogP contribution in [0.25, 0.3) is 22.3 Å². The van der Waals surface area contributed by atoms with E-state index >= 15 is 0 Å². The van der Waals surface area contributed by atoms with Crippen molar-refractivity contribution in [2.45, 2.75) is 181 Å². The molecule has 4 aromatic heterocycles. The van der Waals surface area contributed by atoms with E-state index in [-0.39, 0.29) is 50.8 Å². The quantitative estimate of drug-likeness (QED) is 0.0481. The number of rotatable bonds is 22. The molecule has 0 saturated heterocycles. The topological polar surface area (TPSA) is 107 Å². The monoisotopic (exact) mass is 1180 g/mol. The van der Waals surface area contributed by atoms with Crippen molar-refractivity contribution in [2.24, 2.45) is 0 Å². The Labute approximate surface area is 520 Å². The minimum Gasteiger partial charge on any atom is -0.457 e. The summed E-state index contributed by atoms with van der Waals surface area (Å²) in [6.07, 6.45) is 32.5. The highest BCUT2D eigenvalue weighted by molar-refractivity contribution is 5.70. The second-order valence-corrected chi connectivity index (χ2v) is 24.9. The van der Waals surface area contributed by atoms with Crippen LogP contribution in [-0.2, 0) is 13.1 Å². The smallest absolute Gasteiger partial charge is 0.230 e. The highest BCUT2D eigenvalue weighted by atomic mass is 16.7. The first kappa shape index (κ1) is 58.9. The molecule has 8 bridgehead atoms. The van der Waals surface area contributed by atoms with E-state index in [0.29, 0.717) is 13.1 Å². The van der Waals surface area contributed by atoms with E-state index in [0.717, 1.165) is 215 Å². The standard InChI is InChI=1S/C76H86N4O8/c1-7-11-15-19-55-59-39-61-56(20-16-12-8-2)63-41-65-58(22-18-14-10-4)66-42-64-57(21-17-13-9-3)62-40-60(55)70-50(6)72(62)84-47-86-74(64)68(44-80-37-29-54(30-38-80)52-25-33-78-34-26-52)76(66)88-48-87-75(65)67(43-79-35-27-53(28-36-79)51-23-31-77-32-24-51)73(63)85-46-83-71(61)49(5)69(59)81-45-82-70/h23-42,55-58H,7-22,43-48H2,1-6H3/q+2. The number of hydrogen-bond donors (Lipinski definition) is 0. The van der Waals surface area contributed by atoms with Crippen LogP contribution in [0, 0.1) is 13.8 Å². The highest BCUT2D eigenvalue weighted by Crippen LogP contribution is 2.58. The van der Waals surface area contributed by atoms with Crippen LogP contribution < -0.4 is 47.0 Å². The Morgan fingerprint density at radius 3 is 0.830 bits per heavy atom.